The number of hydrogen-bond donors (Lipinski definition) is 2. The van der Waals surface area contributed by atoms with Gasteiger partial charge in [0.2, 0.25) is 5.91 Å². The Balaban J connectivity index is 1.35. The van der Waals surface area contributed by atoms with E-state index in [9.17, 15) is 9.59 Å². The number of amides is 2. The summed E-state index contributed by atoms with van der Waals surface area (Å²) in [5.41, 5.74) is 2.65. The van der Waals surface area contributed by atoms with Crippen LogP contribution in [0.4, 0.5) is 0 Å². The van der Waals surface area contributed by atoms with Gasteiger partial charge in [-0.2, -0.15) is 5.10 Å². The molecular weight excluding hydrogens is 332 g/mol. The number of nitrogens with one attached hydrogen (secondary N) is 2. The zero-order chi connectivity index (χ0) is 18.1. The van der Waals surface area contributed by atoms with Crippen LogP contribution in [0.3, 0.4) is 0 Å². The molecule has 0 bridgehead atoms. The van der Waals surface area contributed by atoms with Crippen molar-refractivity contribution in [2.75, 3.05) is 45.8 Å². The minimum atomic E-state index is -0.104. The number of piperazine rings is 1. The normalized spacial score (nSPS) is 22.3. The zero-order valence-electron chi connectivity index (χ0n) is 15.5. The highest BCUT2D eigenvalue weighted by Gasteiger charge is 2.32. The molecule has 3 aliphatic rings. The number of carbonyl (C=O) groups is 2. The lowest BCUT2D eigenvalue weighted by atomic mass is 10.1. The summed E-state index contributed by atoms with van der Waals surface area (Å²) in [6, 6.07) is -0.104. The molecule has 2 amide bonds. The van der Waals surface area contributed by atoms with Crippen molar-refractivity contribution in [2.24, 2.45) is 0 Å². The molecule has 26 heavy (non-hydrogen) atoms. The van der Waals surface area contributed by atoms with E-state index in [1.54, 1.807) is 0 Å². The molecule has 1 atom stereocenters. The van der Waals surface area contributed by atoms with E-state index < -0.39 is 0 Å². The molecule has 0 radical (unpaired) electrons. The number of aromatic amines is 1. The third-order valence-corrected chi connectivity index (χ3v) is 5.93. The van der Waals surface area contributed by atoms with Crippen LogP contribution >= 0.6 is 0 Å². The Morgan fingerprint density at radius 3 is 2.50 bits per heavy atom. The fraction of sp³-hybridized carbons (Fsp3) is 0.722. The first-order valence-corrected chi connectivity index (χ1v) is 9.74. The zero-order valence-corrected chi connectivity index (χ0v) is 15.5. The number of rotatable bonds is 3. The first kappa shape index (κ1) is 17.5. The van der Waals surface area contributed by atoms with Crippen molar-refractivity contribution >= 4 is 11.8 Å². The van der Waals surface area contributed by atoms with E-state index in [1.165, 1.54) is 0 Å². The van der Waals surface area contributed by atoms with E-state index in [0.717, 1.165) is 63.2 Å². The summed E-state index contributed by atoms with van der Waals surface area (Å²) in [4.78, 5) is 31.5. The van der Waals surface area contributed by atoms with E-state index in [4.69, 9.17) is 0 Å². The van der Waals surface area contributed by atoms with E-state index >= 15 is 0 Å². The minimum absolute atomic E-state index is 0.00405. The van der Waals surface area contributed by atoms with Gasteiger partial charge in [0, 0.05) is 70.0 Å². The highest BCUT2D eigenvalue weighted by Crippen LogP contribution is 2.19. The van der Waals surface area contributed by atoms with Gasteiger partial charge in [0.05, 0.1) is 6.04 Å². The lowest BCUT2D eigenvalue weighted by Crippen LogP contribution is -2.55. The van der Waals surface area contributed by atoms with Gasteiger partial charge in [-0.25, -0.2) is 0 Å². The first-order valence-electron chi connectivity index (χ1n) is 9.74. The molecule has 1 aromatic rings. The molecule has 4 rings (SSSR count). The standard InChI is InChI=1S/C18H28N6O2/c1-13(17(25)23-6-2-3-7-23)22-8-10-24(11-9-22)18(26)16-14-12-19-5-4-15(14)20-21-16/h13,19H,2-12H2,1H3,(H,20,21). The second kappa shape index (κ2) is 7.36. The molecular formula is C18H28N6O2. The number of aromatic nitrogens is 2. The Morgan fingerprint density at radius 2 is 1.77 bits per heavy atom. The molecule has 0 aromatic carbocycles. The van der Waals surface area contributed by atoms with Crippen LogP contribution < -0.4 is 5.32 Å². The lowest BCUT2D eigenvalue weighted by molar-refractivity contribution is -0.135. The third-order valence-electron chi connectivity index (χ3n) is 5.93. The summed E-state index contributed by atoms with van der Waals surface area (Å²) < 4.78 is 0. The van der Waals surface area contributed by atoms with Crippen LogP contribution in [0.5, 0.6) is 0 Å². The van der Waals surface area contributed by atoms with E-state index in [-0.39, 0.29) is 17.9 Å². The summed E-state index contributed by atoms with van der Waals surface area (Å²) in [5, 5.41) is 10.6. The van der Waals surface area contributed by atoms with Crippen molar-refractivity contribution in [1.82, 2.24) is 30.2 Å². The molecule has 1 aromatic heterocycles. The van der Waals surface area contributed by atoms with Crippen LogP contribution in [0, 0.1) is 0 Å². The number of likely N-dealkylation sites (tertiary alicyclic amines) is 1. The molecule has 8 nitrogen and oxygen atoms in total. The highest BCUT2D eigenvalue weighted by atomic mass is 16.2. The minimum Gasteiger partial charge on any atom is -0.341 e. The molecule has 8 heteroatoms. The van der Waals surface area contributed by atoms with Crippen LogP contribution in [0.15, 0.2) is 0 Å². The van der Waals surface area contributed by atoms with Gasteiger partial charge in [0.25, 0.3) is 5.91 Å². The van der Waals surface area contributed by atoms with Crippen molar-refractivity contribution in [3.63, 3.8) is 0 Å². The number of H-pyrrole nitrogens is 1. The van der Waals surface area contributed by atoms with Crippen molar-refractivity contribution < 1.29 is 9.59 Å². The average molecular weight is 360 g/mol. The molecule has 0 saturated carbocycles. The van der Waals surface area contributed by atoms with Crippen LogP contribution in [0.1, 0.15) is 41.5 Å². The number of hydrogen-bond acceptors (Lipinski definition) is 5. The second-order valence-corrected chi connectivity index (χ2v) is 7.49. The fourth-order valence-corrected chi connectivity index (χ4v) is 4.22. The lowest BCUT2D eigenvalue weighted by Gasteiger charge is -2.38. The van der Waals surface area contributed by atoms with Crippen LogP contribution in [0.2, 0.25) is 0 Å². The predicted molar refractivity (Wildman–Crippen MR) is 96.8 cm³/mol. The van der Waals surface area contributed by atoms with Crippen molar-refractivity contribution in [3.05, 3.63) is 17.0 Å². The Labute approximate surface area is 153 Å². The number of nitrogens with zero attached hydrogens (tertiary/aromatic N) is 4. The monoisotopic (exact) mass is 360 g/mol. The van der Waals surface area contributed by atoms with Crippen molar-refractivity contribution in [3.8, 4) is 0 Å². The third kappa shape index (κ3) is 3.23. The summed E-state index contributed by atoms with van der Waals surface area (Å²) in [7, 11) is 0. The smallest absolute Gasteiger partial charge is 0.274 e. The quantitative estimate of drug-likeness (QED) is 0.782. The maximum Gasteiger partial charge on any atom is 0.274 e. The molecule has 4 heterocycles. The molecule has 1 unspecified atom stereocenters. The Hall–Kier alpha value is -1.93. The molecule has 0 aliphatic carbocycles. The summed E-state index contributed by atoms with van der Waals surface area (Å²) in [6.07, 6.45) is 3.12. The van der Waals surface area contributed by atoms with Gasteiger partial charge in [0.1, 0.15) is 0 Å². The molecule has 2 fully saturated rings. The van der Waals surface area contributed by atoms with Gasteiger partial charge in [-0.15, -0.1) is 0 Å². The van der Waals surface area contributed by atoms with Gasteiger partial charge < -0.3 is 15.1 Å². The Bertz CT molecular complexity index is 673. The fourth-order valence-electron chi connectivity index (χ4n) is 4.22. The van der Waals surface area contributed by atoms with Gasteiger partial charge in [-0.1, -0.05) is 0 Å². The van der Waals surface area contributed by atoms with Gasteiger partial charge in [0.15, 0.2) is 5.69 Å². The van der Waals surface area contributed by atoms with E-state index in [2.05, 4.69) is 20.4 Å². The van der Waals surface area contributed by atoms with Gasteiger partial charge in [-0.05, 0) is 19.8 Å². The molecule has 3 aliphatic heterocycles. The van der Waals surface area contributed by atoms with E-state index in [1.807, 2.05) is 16.7 Å². The van der Waals surface area contributed by atoms with Crippen LogP contribution in [0.25, 0.3) is 0 Å². The molecule has 0 spiro atoms. The van der Waals surface area contributed by atoms with Crippen molar-refractivity contribution in [1.29, 1.82) is 0 Å². The summed E-state index contributed by atoms with van der Waals surface area (Å²) >= 11 is 0. The van der Waals surface area contributed by atoms with Crippen LogP contribution in [-0.4, -0.2) is 88.6 Å². The first-order chi connectivity index (χ1) is 12.6. The topological polar surface area (TPSA) is 84.6 Å². The highest BCUT2D eigenvalue weighted by molar-refractivity contribution is 5.94. The largest absolute Gasteiger partial charge is 0.341 e. The molecule has 2 N–H and O–H groups in total. The maximum absolute atomic E-state index is 12.9. The predicted octanol–water partition coefficient (Wildman–Crippen LogP) is -0.176. The Morgan fingerprint density at radius 1 is 1.04 bits per heavy atom. The van der Waals surface area contributed by atoms with Gasteiger partial charge >= 0.3 is 0 Å². The molecule has 2 saturated heterocycles. The van der Waals surface area contributed by atoms with Crippen molar-refractivity contribution in [2.45, 2.75) is 38.8 Å². The number of fused-ring (bicyclic) bond motifs is 1. The summed E-state index contributed by atoms with van der Waals surface area (Å²) in [6.45, 7) is 8.15. The maximum atomic E-state index is 12.9. The Kier molecular flexibility index (Phi) is 4.95. The SMILES string of the molecule is CC(C(=O)N1CCCC1)N1CCN(C(=O)c2n[nH]c3c2CNCC3)CC1. The molecule has 142 valence electrons. The van der Waals surface area contributed by atoms with E-state index in [0.29, 0.717) is 25.3 Å². The number of carbonyl (C=O) groups excluding carboxylic acids is 2. The van der Waals surface area contributed by atoms with Crippen LogP contribution in [-0.2, 0) is 17.8 Å². The average Bonchev–Trinajstić information content (AvgIpc) is 3.36. The van der Waals surface area contributed by atoms with Gasteiger partial charge in [-0.3, -0.25) is 19.6 Å². The summed E-state index contributed by atoms with van der Waals surface area (Å²) in [5.74, 6) is 0.235. The second-order valence-electron chi connectivity index (χ2n) is 7.49.